The highest BCUT2D eigenvalue weighted by Crippen LogP contribution is 2.33. The van der Waals surface area contributed by atoms with E-state index in [9.17, 15) is 29.4 Å². The number of phenols is 1. The molecular weight excluding hydrogens is 693 g/mol. The lowest BCUT2D eigenvalue weighted by molar-refractivity contribution is -0.139. The van der Waals surface area contributed by atoms with E-state index in [2.05, 4.69) is 22.5 Å². The first kappa shape index (κ1) is 37.2. The zero-order valence-corrected chi connectivity index (χ0v) is 28.2. The van der Waals surface area contributed by atoms with Crippen LogP contribution in [0.2, 0.25) is 5.02 Å². The summed E-state index contributed by atoms with van der Waals surface area (Å²) in [5.74, 6) is 0.827. The maximum Gasteiger partial charge on any atom is 0.319 e. The second-order valence-corrected chi connectivity index (χ2v) is 12.2. The van der Waals surface area contributed by atoms with E-state index < -0.39 is 29.5 Å². The fourth-order valence-corrected chi connectivity index (χ4v) is 5.73. The summed E-state index contributed by atoms with van der Waals surface area (Å²) in [6.07, 6.45) is 2.22. The van der Waals surface area contributed by atoms with Gasteiger partial charge in [-0.25, -0.2) is 0 Å². The number of carboxylic acids is 1. The van der Waals surface area contributed by atoms with Crippen LogP contribution in [-0.2, 0) is 27.3 Å². The normalized spacial score (nSPS) is 14.6. The molecule has 254 valence electrons. The van der Waals surface area contributed by atoms with Crippen molar-refractivity contribution in [1.29, 1.82) is 0 Å². The number of rotatable bonds is 13. The molecule has 3 aromatic carbocycles. The number of ether oxygens (including phenoxy) is 1. The van der Waals surface area contributed by atoms with Crippen LogP contribution < -0.4 is 16.4 Å². The van der Waals surface area contributed by atoms with Crippen LogP contribution in [0.1, 0.15) is 44.7 Å². The molecule has 4 rings (SSSR count). The van der Waals surface area contributed by atoms with E-state index in [0.717, 1.165) is 0 Å². The number of halogens is 3. The number of carboxylic acid groups (broad SMARTS) is 1. The summed E-state index contributed by atoms with van der Waals surface area (Å²) in [5, 5.41) is 25.2. The molecule has 0 bridgehead atoms. The van der Waals surface area contributed by atoms with E-state index in [-0.39, 0.29) is 56.6 Å². The monoisotopic (exact) mass is 723 g/mol. The number of hydrogen-bond acceptors (Lipinski definition) is 7. The van der Waals surface area contributed by atoms with Gasteiger partial charge in [-0.15, -0.1) is 0 Å². The zero-order valence-electron chi connectivity index (χ0n) is 26.0. The summed E-state index contributed by atoms with van der Waals surface area (Å²) < 4.78 is 5.68. The standard InChI is InChI=1S/C36H32Cl3N3O7/c37-29-17-23(34(45)41-20-22-3-1-4-26(43)16-22)7-11-28(29)32(44)12-8-24(36(47)48)15-21-5-9-25(10-6-21)42-35(46)33-30(38)18-27(19-31(33)39)49-14-2-13-40/h1,3-7,9-11,16-18,24,27,43H,2,13-15,19-20,40H2,(H,41,45)(H,42,46)(H,47,48). The van der Waals surface area contributed by atoms with Gasteiger partial charge in [-0.2, -0.15) is 0 Å². The van der Waals surface area contributed by atoms with E-state index in [0.29, 0.717) is 42.8 Å². The minimum Gasteiger partial charge on any atom is -0.508 e. The molecule has 2 amide bonds. The van der Waals surface area contributed by atoms with Crippen LogP contribution in [-0.4, -0.2) is 53.0 Å². The summed E-state index contributed by atoms with van der Waals surface area (Å²) in [5.41, 5.74) is 7.56. The minimum absolute atomic E-state index is 0.0145. The fraction of sp³-hybridized carbons (Fsp3) is 0.222. The Morgan fingerprint density at radius 1 is 0.980 bits per heavy atom. The average Bonchev–Trinajstić information content (AvgIpc) is 3.05. The molecule has 0 radical (unpaired) electrons. The second-order valence-electron chi connectivity index (χ2n) is 10.9. The number of amides is 2. The molecule has 6 N–H and O–H groups in total. The summed E-state index contributed by atoms with van der Waals surface area (Å²) in [6, 6.07) is 17.0. The molecule has 3 aromatic rings. The Balaban J connectivity index is 1.35. The smallest absolute Gasteiger partial charge is 0.319 e. The predicted octanol–water partition coefficient (Wildman–Crippen LogP) is 5.80. The molecule has 0 aromatic heterocycles. The van der Waals surface area contributed by atoms with Gasteiger partial charge in [-0.05, 0) is 85.0 Å². The average molecular weight is 725 g/mol. The van der Waals surface area contributed by atoms with Gasteiger partial charge in [0.25, 0.3) is 11.8 Å². The highest BCUT2D eigenvalue weighted by atomic mass is 35.5. The van der Waals surface area contributed by atoms with Crippen molar-refractivity contribution in [3.63, 3.8) is 0 Å². The summed E-state index contributed by atoms with van der Waals surface area (Å²) in [6.45, 7) is 1.10. The number of phenolic OH excluding ortho intramolecular Hbond substituents is 1. The van der Waals surface area contributed by atoms with Crippen LogP contribution in [0.15, 0.2) is 88.4 Å². The first-order valence-electron chi connectivity index (χ1n) is 15.1. The van der Waals surface area contributed by atoms with Crippen LogP contribution in [0.5, 0.6) is 5.75 Å². The Morgan fingerprint density at radius 2 is 1.73 bits per heavy atom. The predicted molar refractivity (Wildman–Crippen MR) is 188 cm³/mol. The maximum absolute atomic E-state index is 12.9. The number of aromatic hydroxyl groups is 1. The highest BCUT2D eigenvalue weighted by molar-refractivity contribution is 6.41. The SMILES string of the molecule is NCCCOC1C=C(Cl)C(C(=O)Nc2ccc(CC(C#CC(=O)c3ccc(C(=O)NCc4cccc(O)c4)cc3Cl)C(=O)O)cc2)=C(Cl)C1. The molecule has 1 aliphatic rings. The number of ketones is 1. The molecule has 0 aliphatic heterocycles. The van der Waals surface area contributed by atoms with Gasteiger partial charge in [-0.1, -0.05) is 65.0 Å². The third-order valence-corrected chi connectivity index (χ3v) is 8.25. The Hall–Kier alpha value is -4.63. The van der Waals surface area contributed by atoms with Crippen molar-refractivity contribution in [2.45, 2.75) is 31.9 Å². The van der Waals surface area contributed by atoms with Crippen LogP contribution in [0.3, 0.4) is 0 Å². The first-order chi connectivity index (χ1) is 23.4. The number of hydrogen-bond donors (Lipinski definition) is 5. The van der Waals surface area contributed by atoms with Crippen molar-refractivity contribution in [2.75, 3.05) is 18.5 Å². The van der Waals surface area contributed by atoms with Crippen molar-refractivity contribution >= 4 is 64.1 Å². The molecule has 10 nitrogen and oxygen atoms in total. The number of nitrogens with one attached hydrogen (secondary N) is 2. The Kier molecular flexibility index (Phi) is 13.4. The second kappa shape index (κ2) is 17.7. The number of nitrogens with two attached hydrogens (primary N) is 1. The number of benzene rings is 3. The summed E-state index contributed by atoms with van der Waals surface area (Å²) >= 11 is 19.0. The quantitative estimate of drug-likeness (QED) is 0.0639. The molecule has 2 unspecified atom stereocenters. The third-order valence-electron chi connectivity index (χ3n) is 7.28. The lowest BCUT2D eigenvalue weighted by Crippen LogP contribution is -2.22. The number of carbonyl (C=O) groups excluding carboxylic acids is 3. The van der Waals surface area contributed by atoms with E-state index in [1.807, 2.05) is 0 Å². The van der Waals surface area contributed by atoms with Gasteiger partial charge in [0.05, 0.1) is 21.7 Å². The van der Waals surface area contributed by atoms with Gasteiger partial charge in [0.1, 0.15) is 11.7 Å². The summed E-state index contributed by atoms with van der Waals surface area (Å²) in [7, 11) is 0. The van der Waals surface area contributed by atoms with E-state index >= 15 is 0 Å². The number of anilines is 1. The van der Waals surface area contributed by atoms with Gasteiger partial charge in [0.2, 0.25) is 5.78 Å². The van der Waals surface area contributed by atoms with Gasteiger partial charge < -0.3 is 31.3 Å². The van der Waals surface area contributed by atoms with Gasteiger partial charge in [0, 0.05) is 41.4 Å². The zero-order chi connectivity index (χ0) is 35.5. The topological polar surface area (TPSA) is 168 Å². The Labute approximate surface area is 297 Å². The lowest BCUT2D eigenvalue weighted by atomic mass is 9.99. The van der Waals surface area contributed by atoms with Crippen molar-refractivity contribution in [1.82, 2.24) is 5.32 Å². The third kappa shape index (κ3) is 10.7. The van der Waals surface area contributed by atoms with E-state index in [1.54, 1.807) is 42.5 Å². The Morgan fingerprint density at radius 3 is 2.39 bits per heavy atom. The molecule has 0 fully saturated rings. The first-order valence-corrected chi connectivity index (χ1v) is 16.2. The van der Waals surface area contributed by atoms with Gasteiger partial charge >= 0.3 is 5.97 Å². The fourth-order valence-electron chi connectivity index (χ4n) is 4.74. The molecule has 0 heterocycles. The van der Waals surface area contributed by atoms with Crippen LogP contribution in [0.25, 0.3) is 0 Å². The lowest BCUT2D eigenvalue weighted by Gasteiger charge is -2.21. The maximum atomic E-state index is 12.9. The molecule has 1 aliphatic carbocycles. The molecule has 13 heteroatoms. The minimum atomic E-state index is -1.23. The summed E-state index contributed by atoms with van der Waals surface area (Å²) in [4.78, 5) is 50.3. The highest BCUT2D eigenvalue weighted by Gasteiger charge is 2.26. The molecular formula is C36H32Cl3N3O7. The largest absolute Gasteiger partial charge is 0.508 e. The van der Waals surface area contributed by atoms with Gasteiger partial charge in [0.15, 0.2) is 0 Å². The van der Waals surface area contributed by atoms with Crippen molar-refractivity contribution < 1.29 is 34.1 Å². The van der Waals surface area contributed by atoms with E-state index in [1.165, 1.54) is 30.3 Å². The number of carbonyl (C=O) groups is 4. The number of aliphatic carboxylic acids is 1. The van der Waals surface area contributed by atoms with Crippen molar-refractivity contribution in [3.05, 3.63) is 116 Å². The van der Waals surface area contributed by atoms with Crippen LogP contribution in [0.4, 0.5) is 5.69 Å². The van der Waals surface area contributed by atoms with E-state index in [4.69, 9.17) is 45.3 Å². The molecule has 0 spiro atoms. The van der Waals surface area contributed by atoms with Crippen LogP contribution in [0, 0.1) is 17.8 Å². The molecule has 0 saturated heterocycles. The molecule has 49 heavy (non-hydrogen) atoms. The van der Waals surface area contributed by atoms with Gasteiger partial charge in [-0.3, -0.25) is 19.2 Å². The van der Waals surface area contributed by atoms with Crippen molar-refractivity contribution in [2.24, 2.45) is 11.7 Å². The molecule has 0 saturated carbocycles. The number of Topliss-reactive ketones (excluding diaryl/α,β-unsaturated/α-hetero) is 1. The Bertz CT molecular complexity index is 1860. The van der Waals surface area contributed by atoms with Crippen molar-refractivity contribution in [3.8, 4) is 17.6 Å². The van der Waals surface area contributed by atoms with Crippen LogP contribution >= 0.6 is 34.8 Å². The molecule has 2 atom stereocenters.